The fourth-order valence-corrected chi connectivity index (χ4v) is 4.64. The van der Waals surface area contributed by atoms with Gasteiger partial charge in [0.25, 0.3) is 5.16 Å². The van der Waals surface area contributed by atoms with Crippen LogP contribution in [0.2, 0.25) is 0 Å². The summed E-state index contributed by atoms with van der Waals surface area (Å²) >= 11 is 0. The molecule has 2 atom stereocenters. The second-order valence-corrected chi connectivity index (χ2v) is 8.72. The fourth-order valence-electron chi connectivity index (χ4n) is 3.16. The van der Waals surface area contributed by atoms with Crippen LogP contribution in [0.4, 0.5) is 4.39 Å². The average Bonchev–Trinajstić information content (AvgIpc) is 3.19. The summed E-state index contributed by atoms with van der Waals surface area (Å²) in [5, 5.41) is 3.89. The lowest BCUT2D eigenvalue weighted by Gasteiger charge is -2.13. The van der Waals surface area contributed by atoms with E-state index in [4.69, 9.17) is 0 Å². The Morgan fingerprint density at radius 3 is 2.70 bits per heavy atom. The van der Waals surface area contributed by atoms with E-state index in [2.05, 4.69) is 10.1 Å². The van der Waals surface area contributed by atoms with E-state index in [0.29, 0.717) is 24.2 Å². The predicted octanol–water partition coefficient (Wildman–Crippen LogP) is 2.76. The van der Waals surface area contributed by atoms with Crippen LogP contribution in [-0.2, 0) is 9.84 Å². The molecular formula is C16H18FN3O2S. The molecule has 1 saturated carbocycles. The normalized spacial score (nSPS) is 24.0. The molecule has 1 aromatic heterocycles. The molecule has 2 aliphatic rings. The van der Waals surface area contributed by atoms with Crippen LogP contribution in [0.5, 0.6) is 0 Å². The molecule has 0 unspecified atom stereocenters. The maximum absolute atomic E-state index is 13.9. The molecule has 2 aromatic rings. The first-order valence-corrected chi connectivity index (χ1v) is 9.39. The Balaban J connectivity index is 1.77. The number of aryl methyl sites for hydroxylation is 1. The minimum Gasteiger partial charge on any atom is -0.241 e. The van der Waals surface area contributed by atoms with Gasteiger partial charge in [-0.05, 0) is 43.4 Å². The maximum atomic E-state index is 13.9. The number of aromatic nitrogens is 3. The second-order valence-electron chi connectivity index (χ2n) is 6.60. The summed E-state index contributed by atoms with van der Waals surface area (Å²) in [6, 6.07) is 4.97. The average molecular weight is 335 g/mol. The third kappa shape index (κ3) is 2.29. The van der Waals surface area contributed by atoms with E-state index in [9.17, 15) is 12.8 Å². The molecule has 1 aliphatic carbocycles. The van der Waals surface area contributed by atoms with Gasteiger partial charge >= 0.3 is 0 Å². The Labute approximate surface area is 134 Å². The van der Waals surface area contributed by atoms with E-state index < -0.39 is 9.84 Å². The van der Waals surface area contributed by atoms with Crippen LogP contribution in [0.15, 0.2) is 23.4 Å². The molecule has 0 spiro atoms. The molecule has 4 rings (SSSR count). The van der Waals surface area contributed by atoms with Crippen molar-refractivity contribution in [2.24, 2.45) is 0 Å². The summed E-state index contributed by atoms with van der Waals surface area (Å²) < 4.78 is 40.2. The molecule has 0 bridgehead atoms. The summed E-state index contributed by atoms with van der Waals surface area (Å²) in [5.41, 5.74) is 1.40. The van der Waals surface area contributed by atoms with E-state index in [-0.39, 0.29) is 28.2 Å². The van der Waals surface area contributed by atoms with Gasteiger partial charge in [-0.2, -0.15) is 0 Å². The first-order chi connectivity index (χ1) is 10.9. The summed E-state index contributed by atoms with van der Waals surface area (Å²) in [7, 11) is -3.40. The molecule has 5 nitrogen and oxygen atoms in total. The Morgan fingerprint density at radius 1 is 1.30 bits per heavy atom. The van der Waals surface area contributed by atoms with Crippen molar-refractivity contribution in [1.29, 1.82) is 0 Å². The van der Waals surface area contributed by atoms with Crippen molar-refractivity contribution in [3.63, 3.8) is 0 Å². The van der Waals surface area contributed by atoms with Gasteiger partial charge in [-0.1, -0.05) is 19.1 Å². The smallest absolute Gasteiger partial charge is 0.241 e. The van der Waals surface area contributed by atoms with Crippen LogP contribution in [0.25, 0.3) is 0 Å². The zero-order valence-electron chi connectivity index (χ0n) is 13.0. The summed E-state index contributed by atoms with van der Waals surface area (Å²) in [4.78, 5) is 4.29. The Kier molecular flexibility index (Phi) is 3.13. The molecule has 1 fully saturated rings. The number of halogens is 1. The molecule has 122 valence electrons. The summed E-state index contributed by atoms with van der Waals surface area (Å²) in [6.45, 7) is 3.72. The molecule has 1 aromatic carbocycles. The van der Waals surface area contributed by atoms with Gasteiger partial charge in [-0.3, -0.25) is 0 Å². The van der Waals surface area contributed by atoms with Crippen LogP contribution >= 0.6 is 0 Å². The van der Waals surface area contributed by atoms with Gasteiger partial charge in [0.1, 0.15) is 11.6 Å². The second kappa shape index (κ2) is 4.87. The Morgan fingerprint density at radius 2 is 2.04 bits per heavy atom. The largest absolute Gasteiger partial charge is 0.267 e. The Bertz CT molecular complexity index is 887. The number of nitrogens with zero attached hydrogens (tertiary/aromatic N) is 3. The minimum atomic E-state index is -3.40. The van der Waals surface area contributed by atoms with Gasteiger partial charge in [0.05, 0.1) is 11.3 Å². The van der Waals surface area contributed by atoms with Crippen molar-refractivity contribution in [1.82, 2.24) is 14.8 Å². The highest BCUT2D eigenvalue weighted by Crippen LogP contribution is 2.40. The number of hydrogen-bond donors (Lipinski definition) is 0. The zero-order valence-corrected chi connectivity index (χ0v) is 13.8. The first kappa shape index (κ1) is 14.8. The van der Waals surface area contributed by atoms with Crippen molar-refractivity contribution < 1.29 is 12.8 Å². The van der Waals surface area contributed by atoms with Crippen LogP contribution in [0.1, 0.15) is 55.1 Å². The molecular weight excluding hydrogens is 317 g/mol. The number of rotatable bonds is 3. The van der Waals surface area contributed by atoms with E-state index >= 15 is 0 Å². The maximum Gasteiger partial charge on any atom is 0.267 e. The quantitative estimate of drug-likeness (QED) is 0.865. The van der Waals surface area contributed by atoms with Crippen molar-refractivity contribution >= 4 is 9.84 Å². The van der Waals surface area contributed by atoms with Crippen LogP contribution in [0.3, 0.4) is 0 Å². The standard InChI is InChI=1S/C16H18FN3O2S/c1-9-3-4-11(8-13(9)17)14-7-10(2)15-18-16(19-20(14)15)23(21,22)12-5-6-12/h3-4,8,10,12,14H,5-7H2,1-2H3/t10-,14-/m0/s1. The molecule has 0 saturated heterocycles. The highest BCUT2D eigenvalue weighted by Gasteiger charge is 2.42. The van der Waals surface area contributed by atoms with Crippen molar-refractivity contribution in [2.75, 3.05) is 0 Å². The summed E-state index contributed by atoms with van der Waals surface area (Å²) in [5.74, 6) is 0.518. The first-order valence-electron chi connectivity index (χ1n) is 7.84. The van der Waals surface area contributed by atoms with E-state index in [1.807, 2.05) is 13.0 Å². The molecule has 0 N–H and O–H groups in total. The molecule has 23 heavy (non-hydrogen) atoms. The number of hydrogen-bond acceptors (Lipinski definition) is 4. The lowest BCUT2D eigenvalue weighted by molar-refractivity contribution is 0.518. The predicted molar refractivity (Wildman–Crippen MR) is 82.5 cm³/mol. The van der Waals surface area contributed by atoms with Crippen molar-refractivity contribution in [3.05, 3.63) is 41.0 Å². The topological polar surface area (TPSA) is 64.8 Å². The monoisotopic (exact) mass is 335 g/mol. The highest BCUT2D eigenvalue weighted by atomic mass is 32.2. The SMILES string of the molecule is Cc1ccc([C@@H]2C[C@H](C)c3nc(S(=O)(=O)C4CC4)nn32)cc1F. The number of benzene rings is 1. The lowest BCUT2D eigenvalue weighted by Crippen LogP contribution is -2.12. The lowest BCUT2D eigenvalue weighted by atomic mass is 9.99. The van der Waals surface area contributed by atoms with Gasteiger partial charge in [-0.15, -0.1) is 5.10 Å². The fraction of sp³-hybridized carbons (Fsp3) is 0.500. The molecule has 0 radical (unpaired) electrons. The highest BCUT2D eigenvalue weighted by molar-refractivity contribution is 7.92. The van der Waals surface area contributed by atoms with Crippen LogP contribution < -0.4 is 0 Å². The molecule has 2 heterocycles. The summed E-state index contributed by atoms with van der Waals surface area (Å²) in [6.07, 6.45) is 2.13. The van der Waals surface area contributed by atoms with E-state index in [1.54, 1.807) is 17.7 Å². The van der Waals surface area contributed by atoms with Crippen molar-refractivity contribution in [2.45, 2.75) is 55.5 Å². The van der Waals surface area contributed by atoms with Gasteiger partial charge in [0, 0.05) is 5.92 Å². The molecule has 7 heteroatoms. The minimum absolute atomic E-state index is 0.0702. The number of sulfone groups is 1. The van der Waals surface area contributed by atoms with Crippen LogP contribution in [-0.4, -0.2) is 28.4 Å². The number of fused-ring (bicyclic) bond motifs is 1. The third-order valence-corrected chi connectivity index (χ3v) is 6.78. The molecule has 0 amide bonds. The third-order valence-electron chi connectivity index (χ3n) is 4.75. The zero-order chi connectivity index (χ0) is 16.4. The Hall–Kier alpha value is -1.76. The van der Waals surface area contributed by atoms with Crippen LogP contribution in [0, 0.1) is 12.7 Å². The van der Waals surface area contributed by atoms with E-state index in [1.165, 1.54) is 6.07 Å². The van der Waals surface area contributed by atoms with Gasteiger partial charge in [-0.25, -0.2) is 22.5 Å². The van der Waals surface area contributed by atoms with Crippen molar-refractivity contribution in [3.8, 4) is 0 Å². The van der Waals surface area contributed by atoms with E-state index in [0.717, 1.165) is 12.0 Å². The molecule has 1 aliphatic heterocycles. The van der Waals surface area contributed by atoms with Gasteiger partial charge in [0.15, 0.2) is 0 Å². The van der Waals surface area contributed by atoms with Gasteiger partial charge in [0.2, 0.25) is 9.84 Å². The van der Waals surface area contributed by atoms with Gasteiger partial charge < -0.3 is 0 Å².